The molecule has 6 nitrogen and oxygen atoms in total. The molecule has 0 saturated carbocycles. The average Bonchev–Trinajstić information content (AvgIpc) is 2.96. The number of benzene rings is 1. The highest BCUT2D eigenvalue weighted by Crippen LogP contribution is 2.18. The van der Waals surface area contributed by atoms with Crippen LogP contribution in [0.4, 0.5) is 4.39 Å². The Hall–Kier alpha value is -1.97. The molecule has 0 radical (unpaired) electrons. The Labute approximate surface area is 157 Å². The van der Waals surface area contributed by atoms with Crippen LogP contribution in [0.1, 0.15) is 19.7 Å². The van der Waals surface area contributed by atoms with Gasteiger partial charge in [0.25, 0.3) is 0 Å². The fraction of sp³-hybridized carbons (Fsp3) is 0.294. The molecule has 0 aliphatic carbocycles. The van der Waals surface area contributed by atoms with Crippen molar-refractivity contribution in [1.29, 1.82) is 0 Å². The van der Waals surface area contributed by atoms with E-state index in [1.165, 1.54) is 29.5 Å². The second-order valence-electron chi connectivity index (χ2n) is 5.67. The lowest BCUT2D eigenvalue weighted by Gasteiger charge is -2.09. The van der Waals surface area contributed by atoms with E-state index in [0.29, 0.717) is 17.5 Å². The molecular formula is C17H21FN4O2S2. The van der Waals surface area contributed by atoms with E-state index in [1.54, 1.807) is 6.08 Å². The van der Waals surface area contributed by atoms with Gasteiger partial charge in [0, 0.05) is 12.3 Å². The van der Waals surface area contributed by atoms with Crippen molar-refractivity contribution in [2.75, 3.05) is 5.75 Å². The summed E-state index contributed by atoms with van der Waals surface area (Å²) >= 11 is 1.51. The Morgan fingerprint density at radius 2 is 2.00 bits per heavy atom. The van der Waals surface area contributed by atoms with E-state index in [2.05, 4.69) is 27.6 Å². The van der Waals surface area contributed by atoms with Gasteiger partial charge >= 0.3 is 0 Å². The van der Waals surface area contributed by atoms with Gasteiger partial charge in [0.05, 0.1) is 11.4 Å². The van der Waals surface area contributed by atoms with E-state index in [1.807, 2.05) is 18.4 Å². The third kappa shape index (κ3) is 5.52. The lowest BCUT2D eigenvalue weighted by Crippen LogP contribution is -2.25. The van der Waals surface area contributed by atoms with Crippen LogP contribution in [-0.2, 0) is 23.1 Å². The number of nitrogens with one attached hydrogen (secondary N) is 1. The van der Waals surface area contributed by atoms with E-state index in [-0.39, 0.29) is 11.4 Å². The van der Waals surface area contributed by atoms with Crippen LogP contribution in [0, 0.1) is 5.82 Å². The molecule has 140 valence electrons. The molecule has 0 amide bonds. The first-order chi connectivity index (χ1) is 12.3. The number of aromatic nitrogens is 3. The molecule has 1 aromatic heterocycles. The molecule has 0 bridgehead atoms. The molecule has 1 N–H and O–H groups in total. The Balaban J connectivity index is 2.13. The lowest BCUT2D eigenvalue weighted by atomic mass is 10.3. The van der Waals surface area contributed by atoms with Gasteiger partial charge in [0.2, 0.25) is 10.0 Å². The number of thioether (sulfide) groups is 1. The van der Waals surface area contributed by atoms with E-state index in [9.17, 15) is 12.8 Å². The molecule has 0 unspecified atom stereocenters. The molecule has 9 heteroatoms. The fourth-order valence-electron chi connectivity index (χ4n) is 2.01. The first-order valence-corrected chi connectivity index (χ1v) is 10.3. The first-order valence-electron chi connectivity index (χ1n) is 7.88. The Kier molecular flexibility index (Phi) is 7.13. The van der Waals surface area contributed by atoms with Gasteiger partial charge in [-0.15, -0.1) is 16.8 Å². The number of hydrogen-bond acceptors (Lipinski definition) is 5. The molecule has 26 heavy (non-hydrogen) atoms. The van der Waals surface area contributed by atoms with E-state index < -0.39 is 15.8 Å². The number of rotatable bonds is 9. The molecule has 0 spiro atoms. The van der Waals surface area contributed by atoms with Gasteiger partial charge < -0.3 is 4.57 Å². The summed E-state index contributed by atoms with van der Waals surface area (Å²) in [5.41, 5.74) is 1.21. The fourth-order valence-corrected chi connectivity index (χ4v) is 3.99. The van der Waals surface area contributed by atoms with Crippen molar-refractivity contribution in [3.8, 4) is 0 Å². The van der Waals surface area contributed by atoms with Gasteiger partial charge in [-0.1, -0.05) is 29.5 Å². The molecule has 2 aromatic rings. The van der Waals surface area contributed by atoms with Crippen molar-refractivity contribution in [3.05, 3.63) is 60.2 Å². The molecule has 0 aliphatic heterocycles. The quantitative estimate of drug-likeness (QED) is 0.520. The monoisotopic (exact) mass is 396 g/mol. The second kappa shape index (κ2) is 9.11. The molecule has 1 heterocycles. The summed E-state index contributed by atoms with van der Waals surface area (Å²) < 4.78 is 41.9. The number of sulfonamides is 1. The van der Waals surface area contributed by atoms with Gasteiger partial charge in [0.15, 0.2) is 5.16 Å². The van der Waals surface area contributed by atoms with Crippen molar-refractivity contribution >= 4 is 21.8 Å². The maximum atomic E-state index is 13.0. The number of halogens is 1. The summed E-state index contributed by atoms with van der Waals surface area (Å²) in [4.78, 5) is -0.00755. The summed E-state index contributed by atoms with van der Waals surface area (Å²) in [6.07, 6.45) is 3.78. The second-order valence-corrected chi connectivity index (χ2v) is 8.42. The van der Waals surface area contributed by atoms with Crippen LogP contribution in [0.3, 0.4) is 0 Å². The largest absolute Gasteiger partial charge is 0.301 e. The van der Waals surface area contributed by atoms with E-state index in [0.717, 1.165) is 17.9 Å². The molecule has 0 fully saturated rings. The predicted molar refractivity (Wildman–Crippen MR) is 101 cm³/mol. The third-order valence-electron chi connectivity index (χ3n) is 3.35. The Morgan fingerprint density at radius 3 is 2.62 bits per heavy atom. The zero-order valence-electron chi connectivity index (χ0n) is 14.6. The van der Waals surface area contributed by atoms with Gasteiger partial charge in [-0.2, -0.15) is 0 Å². The third-order valence-corrected chi connectivity index (χ3v) is 5.66. The molecule has 0 saturated heterocycles. The number of hydrogen-bond donors (Lipinski definition) is 1. The van der Waals surface area contributed by atoms with Crippen LogP contribution in [-0.4, -0.2) is 28.9 Å². The van der Waals surface area contributed by atoms with Crippen molar-refractivity contribution in [2.45, 2.75) is 37.0 Å². The highest BCUT2D eigenvalue weighted by molar-refractivity contribution is 7.99. The molecule has 0 aliphatic rings. The van der Waals surface area contributed by atoms with Crippen LogP contribution in [0.25, 0.3) is 0 Å². The van der Waals surface area contributed by atoms with Crippen molar-refractivity contribution < 1.29 is 12.8 Å². The summed E-state index contributed by atoms with van der Waals surface area (Å²) in [6, 6.07) is 4.64. The molecule has 0 atom stereocenters. The lowest BCUT2D eigenvalue weighted by molar-refractivity contribution is 0.574. The highest BCUT2D eigenvalue weighted by Gasteiger charge is 2.17. The number of allylic oxidation sites excluding steroid dienone is 2. The predicted octanol–water partition coefficient (Wildman–Crippen LogP) is 3.14. The maximum absolute atomic E-state index is 13.0. The topological polar surface area (TPSA) is 76.9 Å². The Bertz CT molecular complexity index is 886. The molecule has 1 aromatic carbocycles. The minimum Gasteiger partial charge on any atom is -0.301 e. The first kappa shape index (κ1) is 20.3. The normalized spacial score (nSPS) is 11.3. The maximum Gasteiger partial charge on any atom is 0.240 e. The molecular weight excluding hydrogens is 375 g/mol. The van der Waals surface area contributed by atoms with Crippen molar-refractivity contribution in [3.63, 3.8) is 0 Å². The summed E-state index contributed by atoms with van der Waals surface area (Å²) in [7, 11) is -3.77. The van der Waals surface area contributed by atoms with Crippen molar-refractivity contribution in [1.82, 2.24) is 19.5 Å². The highest BCUT2D eigenvalue weighted by atomic mass is 32.2. The summed E-state index contributed by atoms with van der Waals surface area (Å²) in [6.45, 7) is 8.20. The molecule has 2 rings (SSSR count). The van der Waals surface area contributed by atoms with Gasteiger partial charge in [-0.05, 0) is 38.1 Å². The van der Waals surface area contributed by atoms with Gasteiger partial charge in [0.1, 0.15) is 11.6 Å². The summed E-state index contributed by atoms with van der Waals surface area (Å²) in [5.74, 6) is 0.738. The van der Waals surface area contributed by atoms with Crippen LogP contribution in [0.2, 0.25) is 0 Å². The van der Waals surface area contributed by atoms with Crippen LogP contribution in [0.5, 0.6) is 0 Å². The van der Waals surface area contributed by atoms with Crippen LogP contribution >= 0.6 is 11.8 Å². The summed E-state index contributed by atoms with van der Waals surface area (Å²) in [5, 5.41) is 8.90. The minimum atomic E-state index is -3.77. The van der Waals surface area contributed by atoms with Gasteiger partial charge in [-0.25, -0.2) is 17.5 Å². The van der Waals surface area contributed by atoms with Gasteiger partial charge in [-0.3, -0.25) is 0 Å². The van der Waals surface area contributed by atoms with E-state index >= 15 is 0 Å². The van der Waals surface area contributed by atoms with E-state index in [4.69, 9.17) is 0 Å². The minimum absolute atomic E-state index is 0.00755. The van der Waals surface area contributed by atoms with Crippen LogP contribution in [0.15, 0.2) is 58.6 Å². The zero-order valence-corrected chi connectivity index (χ0v) is 16.3. The van der Waals surface area contributed by atoms with Crippen LogP contribution < -0.4 is 4.72 Å². The average molecular weight is 397 g/mol. The standard InChI is InChI=1S/C17H21FN4O2S2/c1-4-10-22-16(20-21-17(22)25-11-9-13(2)3)12-19-26(23,24)15-7-5-14(18)6-8-15/h4-9,19H,1,10-12H2,2-3H3. The Morgan fingerprint density at radius 1 is 1.31 bits per heavy atom. The smallest absolute Gasteiger partial charge is 0.240 e. The SMILES string of the molecule is C=CCn1c(CNS(=O)(=O)c2ccc(F)cc2)nnc1SCC=C(C)C. The zero-order chi connectivity index (χ0) is 19.2. The number of nitrogens with zero attached hydrogens (tertiary/aromatic N) is 3. The van der Waals surface area contributed by atoms with Crippen molar-refractivity contribution in [2.24, 2.45) is 0 Å².